The third-order valence-corrected chi connectivity index (χ3v) is 5.49. The van der Waals surface area contributed by atoms with Gasteiger partial charge in [0.05, 0.1) is 18.4 Å². The molecule has 3 rings (SSSR count). The second kappa shape index (κ2) is 13.9. The minimum absolute atomic E-state index is 0.0520. The van der Waals surface area contributed by atoms with E-state index in [-0.39, 0.29) is 55.2 Å². The van der Waals surface area contributed by atoms with Crippen molar-refractivity contribution in [1.82, 2.24) is 35.9 Å². The first-order valence-corrected chi connectivity index (χ1v) is 12.9. The molecule has 8 N–H and O–H groups in total. The minimum Gasteiger partial charge on any atom is -0.480 e. The number of nitrogen functional groups attached to an aromatic ring is 1. The molecule has 1 atom stereocenters. The van der Waals surface area contributed by atoms with Crippen molar-refractivity contribution < 1.29 is 29.0 Å². The average Bonchev–Trinajstić information content (AvgIpc) is 2.91. The molecule has 1 aromatic carbocycles. The number of hydrogen-bond donors (Lipinski definition) is 7. The van der Waals surface area contributed by atoms with Crippen molar-refractivity contribution in [3.63, 3.8) is 0 Å². The van der Waals surface area contributed by atoms with Gasteiger partial charge in [-0.3, -0.25) is 14.4 Å². The van der Waals surface area contributed by atoms with E-state index in [1.165, 1.54) is 18.3 Å². The topological polar surface area (TPSA) is 243 Å². The number of ether oxygens (including phenoxy) is 1. The monoisotopic (exact) mass is 583 g/mol. The van der Waals surface area contributed by atoms with Gasteiger partial charge in [-0.1, -0.05) is 0 Å². The van der Waals surface area contributed by atoms with Crippen LogP contribution in [-0.4, -0.2) is 73.7 Å². The zero-order valence-corrected chi connectivity index (χ0v) is 23.3. The van der Waals surface area contributed by atoms with E-state index in [1.54, 1.807) is 32.9 Å². The number of hydrogen-bond acceptors (Lipinski definition) is 11. The highest BCUT2D eigenvalue weighted by molar-refractivity contribution is 5.97. The Morgan fingerprint density at radius 2 is 1.76 bits per heavy atom. The Morgan fingerprint density at radius 3 is 2.43 bits per heavy atom. The van der Waals surface area contributed by atoms with Gasteiger partial charge in [0.2, 0.25) is 11.9 Å². The highest BCUT2D eigenvalue weighted by Crippen LogP contribution is 2.12. The number of carbonyl (C=O) groups excluding carboxylic acids is 3. The van der Waals surface area contributed by atoms with E-state index >= 15 is 0 Å². The summed E-state index contributed by atoms with van der Waals surface area (Å²) in [5.74, 6) is -2.40. The number of alkyl carbamates (subject to hydrolysis) is 1. The smallest absolute Gasteiger partial charge is 0.407 e. The third kappa shape index (κ3) is 9.72. The molecule has 0 fully saturated rings. The van der Waals surface area contributed by atoms with Crippen molar-refractivity contribution in [1.29, 1.82) is 0 Å². The summed E-state index contributed by atoms with van der Waals surface area (Å²) in [6.07, 6.45) is 0.568. The summed E-state index contributed by atoms with van der Waals surface area (Å²) in [6, 6.07) is 4.95. The number of amides is 3. The molecule has 0 spiro atoms. The van der Waals surface area contributed by atoms with Gasteiger partial charge in [0.1, 0.15) is 11.6 Å². The number of benzene rings is 1. The zero-order valence-electron chi connectivity index (χ0n) is 23.3. The number of nitrogens with two attached hydrogens (primary N) is 1. The predicted molar refractivity (Wildman–Crippen MR) is 152 cm³/mol. The van der Waals surface area contributed by atoms with Crippen LogP contribution in [0.5, 0.6) is 0 Å². The SMILES string of the molecule is CC(C)(C)OC(=O)NCCNC(=O)CCC(NC(=O)c1ccc(NCc2cnc3[nH]c(N)nc(=O)c3n2)cc1)C(=O)O. The van der Waals surface area contributed by atoms with E-state index in [9.17, 15) is 29.1 Å². The fourth-order valence-corrected chi connectivity index (χ4v) is 3.54. The molecule has 0 aliphatic heterocycles. The molecule has 16 heteroatoms. The van der Waals surface area contributed by atoms with Crippen LogP contribution in [0.4, 0.5) is 16.4 Å². The van der Waals surface area contributed by atoms with Gasteiger partial charge < -0.3 is 41.8 Å². The highest BCUT2D eigenvalue weighted by Gasteiger charge is 2.22. The molecule has 0 aliphatic rings. The Hall–Kier alpha value is -5.28. The molecule has 0 bridgehead atoms. The van der Waals surface area contributed by atoms with Crippen molar-refractivity contribution in [2.24, 2.45) is 0 Å². The fraction of sp³-hybridized carbons (Fsp3) is 0.385. The van der Waals surface area contributed by atoms with Gasteiger partial charge in [0, 0.05) is 30.8 Å². The first-order chi connectivity index (χ1) is 19.8. The molecule has 0 aliphatic carbocycles. The van der Waals surface area contributed by atoms with Gasteiger partial charge >= 0.3 is 17.6 Å². The lowest BCUT2D eigenvalue weighted by Crippen LogP contribution is -2.42. The van der Waals surface area contributed by atoms with Crippen LogP contribution in [0.25, 0.3) is 11.2 Å². The number of anilines is 2. The number of fused-ring (bicyclic) bond motifs is 1. The molecule has 0 radical (unpaired) electrons. The Balaban J connectivity index is 1.45. The Kier molecular flexibility index (Phi) is 10.3. The molecule has 3 aromatic rings. The Labute approximate surface area is 239 Å². The first-order valence-electron chi connectivity index (χ1n) is 12.9. The van der Waals surface area contributed by atoms with E-state index in [0.29, 0.717) is 11.4 Å². The molecule has 2 aromatic heterocycles. The molecule has 0 saturated heterocycles. The number of aromatic nitrogens is 4. The van der Waals surface area contributed by atoms with Gasteiger partial charge in [-0.05, 0) is 51.5 Å². The van der Waals surface area contributed by atoms with Gasteiger partial charge in [-0.2, -0.15) is 4.98 Å². The lowest BCUT2D eigenvalue weighted by atomic mass is 10.1. The van der Waals surface area contributed by atoms with E-state index in [2.05, 4.69) is 41.2 Å². The van der Waals surface area contributed by atoms with Gasteiger partial charge in [-0.15, -0.1) is 0 Å². The summed E-state index contributed by atoms with van der Waals surface area (Å²) in [6.45, 7) is 5.66. The average molecular weight is 584 g/mol. The Bertz CT molecular complexity index is 1500. The maximum Gasteiger partial charge on any atom is 0.407 e. The molecule has 2 heterocycles. The lowest BCUT2D eigenvalue weighted by Gasteiger charge is -2.19. The summed E-state index contributed by atoms with van der Waals surface area (Å²) in [5.41, 5.74) is 5.85. The number of nitrogens with one attached hydrogen (secondary N) is 5. The quantitative estimate of drug-likeness (QED) is 0.144. The van der Waals surface area contributed by atoms with Crippen LogP contribution in [0.15, 0.2) is 35.3 Å². The molecule has 1 unspecified atom stereocenters. The number of carboxylic acid groups (broad SMARTS) is 1. The number of rotatable bonds is 12. The molecule has 16 nitrogen and oxygen atoms in total. The van der Waals surface area contributed by atoms with Crippen LogP contribution in [0, 0.1) is 0 Å². The highest BCUT2D eigenvalue weighted by atomic mass is 16.6. The molecular weight excluding hydrogens is 550 g/mol. The number of aliphatic carboxylic acids is 1. The summed E-state index contributed by atoms with van der Waals surface area (Å²) in [4.78, 5) is 74.6. The number of carboxylic acids is 1. The van der Waals surface area contributed by atoms with Crippen LogP contribution in [0.3, 0.4) is 0 Å². The largest absolute Gasteiger partial charge is 0.480 e. The minimum atomic E-state index is -1.29. The number of aromatic amines is 1. The lowest BCUT2D eigenvalue weighted by molar-refractivity contribution is -0.139. The van der Waals surface area contributed by atoms with Crippen molar-refractivity contribution in [2.45, 2.75) is 51.8 Å². The maximum atomic E-state index is 12.6. The second-order valence-electron chi connectivity index (χ2n) is 10.1. The molecule has 224 valence electrons. The molecule has 42 heavy (non-hydrogen) atoms. The standard InChI is InChI=1S/C26H33N9O7/c1-26(2,3)42-25(41)29-11-10-28-18(36)9-8-17(23(39)40)33-21(37)14-4-6-15(7-5-14)30-12-16-13-31-20-19(32-16)22(38)35-24(27)34-20/h4-7,13,17,30H,8-12H2,1-3H3,(H,28,36)(H,29,41)(H,33,37)(H,39,40)(H3,27,31,34,35,38). The third-order valence-electron chi connectivity index (χ3n) is 5.49. The van der Waals surface area contributed by atoms with E-state index in [4.69, 9.17) is 10.5 Å². The zero-order chi connectivity index (χ0) is 30.9. The predicted octanol–water partition coefficient (Wildman–Crippen LogP) is 0.512. The van der Waals surface area contributed by atoms with Crippen LogP contribution >= 0.6 is 0 Å². The normalized spacial score (nSPS) is 11.8. The maximum absolute atomic E-state index is 12.6. The number of H-pyrrole nitrogens is 1. The van der Waals surface area contributed by atoms with E-state index in [1.807, 2.05) is 0 Å². The molecule has 3 amide bonds. The second-order valence-corrected chi connectivity index (χ2v) is 10.1. The van der Waals surface area contributed by atoms with Crippen molar-refractivity contribution >= 4 is 46.7 Å². The van der Waals surface area contributed by atoms with E-state index < -0.39 is 41.1 Å². The van der Waals surface area contributed by atoms with Crippen molar-refractivity contribution in [3.05, 3.63) is 52.1 Å². The number of carbonyl (C=O) groups is 4. The molecular formula is C26H33N9O7. The fourth-order valence-electron chi connectivity index (χ4n) is 3.54. The van der Waals surface area contributed by atoms with Crippen LogP contribution in [0.1, 0.15) is 49.7 Å². The van der Waals surface area contributed by atoms with E-state index in [0.717, 1.165) is 0 Å². The van der Waals surface area contributed by atoms with Gasteiger partial charge in [0.15, 0.2) is 11.2 Å². The molecule has 0 saturated carbocycles. The van der Waals surface area contributed by atoms with Crippen molar-refractivity contribution in [2.75, 3.05) is 24.1 Å². The van der Waals surface area contributed by atoms with Gasteiger partial charge in [-0.25, -0.2) is 19.6 Å². The summed E-state index contributed by atoms with van der Waals surface area (Å²) in [7, 11) is 0. The number of nitrogens with zero attached hydrogens (tertiary/aromatic N) is 3. The summed E-state index contributed by atoms with van der Waals surface area (Å²) in [5, 5.41) is 20.1. The first kappa shape index (κ1) is 31.3. The summed E-state index contributed by atoms with van der Waals surface area (Å²) < 4.78 is 5.09. The van der Waals surface area contributed by atoms with Crippen LogP contribution in [-0.2, 0) is 20.9 Å². The van der Waals surface area contributed by atoms with Crippen LogP contribution in [0.2, 0.25) is 0 Å². The Morgan fingerprint density at radius 1 is 1.07 bits per heavy atom. The van der Waals surface area contributed by atoms with Crippen LogP contribution < -0.4 is 32.6 Å². The summed E-state index contributed by atoms with van der Waals surface area (Å²) >= 11 is 0. The van der Waals surface area contributed by atoms with Crippen molar-refractivity contribution in [3.8, 4) is 0 Å². The van der Waals surface area contributed by atoms with Gasteiger partial charge in [0.25, 0.3) is 5.91 Å².